The number of thioether (sulfide) groups is 1. The van der Waals surface area contributed by atoms with Crippen LogP contribution in [-0.2, 0) is 122 Å². The summed E-state index contributed by atoms with van der Waals surface area (Å²) in [6, 6.07) is -9.95. The fourth-order valence-corrected chi connectivity index (χ4v) is 15.1. The number of aliphatic hydroxyl groups excluding tert-OH is 3. The van der Waals surface area contributed by atoms with Gasteiger partial charge in [0.25, 0.3) is 0 Å². The minimum Gasteiger partial charge on any atom is -0.480 e. The predicted octanol–water partition coefficient (Wildman–Crippen LogP) is -8.92. The maximum atomic E-state index is 15.0. The second-order valence-electron chi connectivity index (χ2n) is 36.4. The average Bonchev–Trinajstić information content (AvgIpc) is 1.22. The lowest BCUT2D eigenvalue weighted by atomic mass is 9.96. The molecule has 54 nitrogen and oxygen atoms in total. The molecule has 2 aromatic carbocycles. The largest absolute Gasteiger partial charge is 0.480 e. The minimum atomic E-state index is -1.79. The summed E-state index contributed by atoms with van der Waals surface area (Å²) in [6.07, 6.45) is 5.36. The van der Waals surface area contributed by atoms with Crippen molar-refractivity contribution in [3.8, 4) is 0 Å². The molecule has 56 heteroatoms. The van der Waals surface area contributed by atoms with Gasteiger partial charge in [-0.05, 0) is 114 Å². The van der Waals surface area contributed by atoms with Crippen LogP contribution in [0, 0.1) is 28.6 Å². The fraction of sp³-hybridized carbons (Fsp3) is 0.574. The van der Waals surface area contributed by atoms with Gasteiger partial charge in [0.2, 0.25) is 112 Å². The number of H-pyrrole nitrogens is 2. The number of hydrogen-bond donors (Lipinski definition) is 33. The number of aromatic nitrogens is 4. The second kappa shape index (κ2) is 66.6. The van der Waals surface area contributed by atoms with Crippen molar-refractivity contribution in [1.29, 1.82) is 10.8 Å². The van der Waals surface area contributed by atoms with Gasteiger partial charge in [-0.15, -0.1) is 0 Å². The number of imidazole rings is 2. The van der Waals surface area contributed by atoms with Crippen molar-refractivity contribution in [2.45, 2.75) is 268 Å². The Morgan fingerprint density at radius 1 is 0.387 bits per heavy atom. The molecule has 35 N–H and O–H groups in total. The number of rotatable bonds is 68. The number of aliphatic carboxylic acids is 1. The summed E-state index contributed by atoms with van der Waals surface area (Å²) in [7, 11) is 0. The van der Waals surface area contributed by atoms with Gasteiger partial charge < -0.3 is 159 Å². The topological polar surface area (TPSA) is 858 Å². The Bertz CT molecular complexity index is 5130. The van der Waals surface area contributed by atoms with E-state index in [1.807, 2.05) is 0 Å². The molecular weight excluding hydrogens is 2000 g/mol. The molecule has 0 saturated carbocycles. The van der Waals surface area contributed by atoms with E-state index < -0.39 is 277 Å². The van der Waals surface area contributed by atoms with E-state index in [1.54, 1.807) is 108 Å². The number of benzene rings is 2. The maximum absolute atomic E-state index is 15.0. The Morgan fingerprint density at radius 2 is 0.727 bits per heavy atom. The van der Waals surface area contributed by atoms with Crippen LogP contribution in [0.15, 0.2) is 85.7 Å². The van der Waals surface area contributed by atoms with E-state index >= 15 is 0 Å². The highest BCUT2D eigenvalue weighted by Crippen LogP contribution is 2.18. The number of carbonyl (C=O) groups is 20. The summed E-state index contributed by atoms with van der Waals surface area (Å²) < 4.78 is 0. The van der Waals surface area contributed by atoms with Crippen LogP contribution >= 0.6 is 24.4 Å². The molecule has 0 aliphatic heterocycles. The number of nitrogens with one attached hydrogen (secondary N) is 25. The molecule has 0 bridgehead atoms. The molecule has 4 aromatic rings. The lowest BCUT2D eigenvalue weighted by Gasteiger charge is -2.30. The first kappa shape index (κ1) is 128. The molecular formula is C94H148N30O24S2. The summed E-state index contributed by atoms with van der Waals surface area (Å²) in [5.74, 6) is -21.9. The quantitative estimate of drug-likeness (QED) is 0.00845. The van der Waals surface area contributed by atoms with Gasteiger partial charge in [-0.1, -0.05) is 115 Å². The lowest BCUT2D eigenvalue weighted by molar-refractivity contribution is -0.142. The summed E-state index contributed by atoms with van der Waals surface area (Å²) in [6.45, 7) is 12.9. The van der Waals surface area contributed by atoms with Crippen LogP contribution in [-0.4, -0.2) is 342 Å². The first-order valence-electron chi connectivity index (χ1n) is 48.8. The standard InChI is InChI=1S/C94H148N30O24S2/c1-13-48(5)72(89(144)113-61(29-32-150-12)82(137)124-74(54(11)127)91(146)111-51(8)75(130)109-52(9)78(133)119-68(43-126)88(143)121-69(44-149)92(147)148)123-87(142)64(35-56-25-19-16-20-26-56)116-81(136)60(28-22-31-103-94(98)99)112-77(132)53(10)110-83(138)65(36-57-38-100-45-106-57)118-90(145)73(49(6)14-2)122-86(141)62(33-47(3)4)114-76(131)50(7)108-71(129)41-104-70(128)40-105-80(135)67(42-125)120-84(139)63(34-55-23-17-15-18-24-55)117-85(140)66(37-58-39-101-46-107-58)115-79(134)59(95)27-21-30-102-93(96)97/h15-20,23-26,38-39,45-54,59-69,72-74,125-127,149H,13-14,21-22,27-37,40-44,95H2,1-12H3,(H,100,106)(H,101,107)(H,104,128)(H,105,135)(H,108,129)(H,109,130)(H,110,138)(H,111,146)(H,112,132)(H,113,144)(H,114,131)(H,115,134)(H,116,136)(H,117,140)(H,118,145)(H,119,133)(H,120,139)(H,121,143)(H,122,141)(H,123,142)(H,124,137)(H,147,148)(H4,96,97,102)(H4,98,99,103)/t48-,49-,50-,51-,52-,53-,54+,59-,60-,61-,62-,63-,64-,65-,66-,67-,68-,69-,72-,73-,74-/m0/s1. The number of amides is 19. The number of carbonyl (C=O) groups excluding carboxylic acids is 19. The van der Waals surface area contributed by atoms with Gasteiger partial charge in [-0.3, -0.25) is 102 Å². The van der Waals surface area contributed by atoms with E-state index in [0.717, 1.165) is 6.92 Å². The van der Waals surface area contributed by atoms with Crippen LogP contribution in [0.4, 0.5) is 0 Å². The van der Waals surface area contributed by atoms with Crippen molar-refractivity contribution in [1.82, 2.24) is 132 Å². The molecule has 150 heavy (non-hydrogen) atoms. The molecule has 2 heterocycles. The maximum Gasteiger partial charge on any atom is 0.327 e. The van der Waals surface area contributed by atoms with Gasteiger partial charge in [0.1, 0.15) is 103 Å². The molecule has 0 saturated heterocycles. The summed E-state index contributed by atoms with van der Waals surface area (Å²) in [4.78, 5) is 291. The van der Waals surface area contributed by atoms with Crippen molar-refractivity contribution in [2.75, 3.05) is 57.2 Å². The molecule has 830 valence electrons. The van der Waals surface area contributed by atoms with E-state index in [-0.39, 0.29) is 107 Å². The predicted molar refractivity (Wildman–Crippen MR) is 551 cm³/mol. The van der Waals surface area contributed by atoms with Crippen LogP contribution in [0.5, 0.6) is 0 Å². The Morgan fingerprint density at radius 3 is 1.17 bits per heavy atom. The Hall–Kier alpha value is -14.7. The number of hydrogen-bond acceptors (Lipinski definition) is 30. The van der Waals surface area contributed by atoms with Gasteiger partial charge in [-0.25, -0.2) is 14.8 Å². The van der Waals surface area contributed by atoms with E-state index in [1.165, 1.54) is 64.5 Å². The molecule has 0 unspecified atom stereocenters. The van der Waals surface area contributed by atoms with Crippen LogP contribution < -0.4 is 129 Å². The zero-order chi connectivity index (χ0) is 112. The number of thiol groups is 1. The molecule has 4 rings (SSSR count). The molecule has 19 amide bonds. The van der Waals surface area contributed by atoms with Gasteiger partial charge >= 0.3 is 5.97 Å². The van der Waals surface area contributed by atoms with Crippen LogP contribution in [0.3, 0.4) is 0 Å². The Balaban J connectivity index is 1.47. The third kappa shape index (κ3) is 46.0. The van der Waals surface area contributed by atoms with Crippen LogP contribution in [0.2, 0.25) is 0 Å². The van der Waals surface area contributed by atoms with Crippen molar-refractivity contribution in [3.05, 3.63) is 108 Å². The van der Waals surface area contributed by atoms with Crippen LogP contribution in [0.25, 0.3) is 0 Å². The van der Waals surface area contributed by atoms with E-state index in [0.29, 0.717) is 28.9 Å². The van der Waals surface area contributed by atoms with Crippen molar-refractivity contribution in [3.63, 3.8) is 0 Å². The summed E-state index contributed by atoms with van der Waals surface area (Å²) in [5.41, 5.74) is 18.9. The highest BCUT2D eigenvalue weighted by Gasteiger charge is 2.41. The van der Waals surface area contributed by atoms with E-state index in [2.05, 4.69) is 144 Å². The fourth-order valence-electron chi connectivity index (χ4n) is 14.4. The van der Waals surface area contributed by atoms with Crippen molar-refractivity contribution >= 4 is 155 Å². The van der Waals surface area contributed by atoms with Crippen molar-refractivity contribution in [2.24, 2.45) is 35.0 Å². The number of nitrogens with zero attached hydrogens (tertiary/aromatic N) is 2. The highest BCUT2D eigenvalue weighted by molar-refractivity contribution is 7.98. The van der Waals surface area contributed by atoms with Gasteiger partial charge in [0.15, 0.2) is 11.9 Å². The Kier molecular flexibility index (Phi) is 56.7. The molecule has 21 atom stereocenters. The van der Waals surface area contributed by atoms with Gasteiger partial charge in [-0.2, -0.15) is 24.4 Å². The second-order valence-corrected chi connectivity index (χ2v) is 37.7. The SMILES string of the molecule is CC[C@H](C)[C@H](NC(=O)[C@H](CC(C)C)NC(=O)[C@H](C)NC(=O)CNC(=O)CNC(=O)[C@H](CO)NC(=O)[C@H](Cc1ccccc1)NC(=O)[C@H](Cc1cnc[nH]1)NC(=O)[C@@H](N)CCCNC(=N)N)C(=O)N[C@@H](Cc1cnc[nH]1)C(=O)N[C@@H](C)C(=O)N[C@@H](CCCNC(=N)N)C(=O)N[C@@H](Cc1ccccc1)C(=O)N[C@H](C(=O)N[C@@H](CCSC)C(=O)N[C@H](C(=O)N[C@@H](C)C(=O)N[C@@H](C)C(=O)N[C@@H](CO)C(=O)N[C@@H](CS)C(=O)O)[C@@H](C)O)[C@@H](C)CC. The molecule has 2 aromatic heterocycles. The number of nitrogens with two attached hydrogens (primary N) is 3. The first-order chi connectivity index (χ1) is 71.0. The number of guanidine groups is 2. The van der Waals surface area contributed by atoms with Crippen LogP contribution in [0.1, 0.15) is 150 Å². The third-order valence-electron chi connectivity index (χ3n) is 23.6. The molecule has 0 aliphatic rings. The van der Waals surface area contributed by atoms with Crippen molar-refractivity contribution < 1.29 is 116 Å². The number of carboxylic acid groups (broad SMARTS) is 1. The summed E-state index contributed by atoms with van der Waals surface area (Å²) in [5, 5.41) is 108. The highest BCUT2D eigenvalue weighted by atomic mass is 32.2. The first-order valence-corrected chi connectivity index (χ1v) is 50.9. The molecule has 0 spiro atoms. The monoisotopic (exact) mass is 2150 g/mol. The third-order valence-corrected chi connectivity index (χ3v) is 24.6. The van der Waals surface area contributed by atoms with E-state index in [4.69, 9.17) is 28.0 Å². The van der Waals surface area contributed by atoms with Gasteiger partial charge in [0.05, 0.1) is 51.1 Å². The lowest BCUT2D eigenvalue weighted by Crippen LogP contribution is -2.62. The number of carboxylic acids is 1. The normalized spacial score (nSPS) is 15.3. The minimum absolute atomic E-state index is 0.00883. The van der Waals surface area contributed by atoms with Gasteiger partial charge in [0, 0.05) is 68.3 Å². The zero-order valence-corrected chi connectivity index (χ0v) is 87.6. The number of aliphatic hydroxyl groups is 3. The average molecular weight is 2150 g/mol. The number of aromatic amines is 2. The molecule has 0 aliphatic carbocycles. The smallest absolute Gasteiger partial charge is 0.327 e. The Labute approximate surface area is 877 Å². The summed E-state index contributed by atoms with van der Waals surface area (Å²) >= 11 is 5.14. The zero-order valence-electron chi connectivity index (χ0n) is 85.9. The van der Waals surface area contributed by atoms with E-state index in [9.17, 15) is 116 Å². The molecule has 0 radical (unpaired) electrons. The molecule has 0 fully saturated rings.